The summed E-state index contributed by atoms with van der Waals surface area (Å²) in [5.74, 6) is -0.696. The highest BCUT2D eigenvalue weighted by Crippen LogP contribution is 2.17. The first-order valence-electron chi connectivity index (χ1n) is 6.18. The monoisotopic (exact) mass is 280 g/mol. The first-order valence-corrected chi connectivity index (χ1v) is 7.00. The smallest absolute Gasteiger partial charge is 0.243 e. The molecule has 0 saturated carbocycles. The topological polar surface area (TPSA) is 66.5 Å². The van der Waals surface area contributed by atoms with Gasteiger partial charge in [-0.3, -0.25) is 24.6 Å². The van der Waals surface area contributed by atoms with Crippen molar-refractivity contribution in [3.8, 4) is 0 Å². The molecule has 2 amide bonds. The lowest BCUT2D eigenvalue weighted by Crippen LogP contribution is -2.58. The minimum atomic E-state index is -0.400. The van der Waals surface area contributed by atoms with E-state index in [0.717, 1.165) is 4.88 Å². The van der Waals surface area contributed by atoms with Gasteiger partial charge in [0, 0.05) is 4.88 Å². The Bertz CT molecular complexity index is 524. The van der Waals surface area contributed by atoms with Gasteiger partial charge in [0.1, 0.15) is 0 Å². The van der Waals surface area contributed by atoms with Crippen molar-refractivity contribution in [2.24, 2.45) is 0 Å². The van der Waals surface area contributed by atoms with E-state index in [9.17, 15) is 14.4 Å². The van der Waals surface area contributed by atoms with Gasteiger partial charge in [-0.25, -0.2) is 0 Å². The molecular formula is C13H16N2O3S. The lowest BCUT2D eigenvalue weighted by molar-refractivity contribution is -0.139. The quantitative estimate of drug-likeness (QED) is 0.659. The maximum Gasteiger partial charge on any atom is 0.243 e. The van der Waals surface area contributed by atoms with Gasteiger partial charge < -0.3 is 0 Å². The molecule has 1 atom stereocenters. The predicted molar refractivity (Wildman–Crippen MR) is 72.2 cm³/mol. The van der Waals surface area contributed by atoms with Crippen molar-refractivity contribution >= 4 is 28.9 Å². The number of imide groups is 1. The van der Waals surface area contributed by atoms with E-state index in [0.29, 0.717) is 11.3 Å². The summed E-state index contributed by atoms with van der Waals surface area (Å²) in [5, 5.41) is 2.30. The third-order valence-electron chi connectivity index (χ3n) is 3.10. The number of piperazine rings is 1. The number of rotatable bonds is 4. The Labute approximate surface area is 115 Å². The molecule has 2 rings (SSSR count). The van der Waals surface area contributed by atoms with Crippen LogP contribution in [-0.2, 0) is 9.59 Å². The molecule has 1 aliphatic rings. The number of nitrogens with one attached hydrogen (secondary N) is 1. The molecule has 1 unspecified atom stereocenters. The molecule has 19 heavy (non-hydrogen) atoms. The van der Waals surface area contributed by atoms with Crippen LogP contribution >= 0.6 is 11.3 Å². The molecule has 0 spiro atoms. The number of carbonyl (C=O) groups is 3. The fourth-order valence-electron chi connectivity index (χ4n) is 2.18. The second kappa shape index (κ2) is 5.63. The molecule has 0 aliphatic carbocycles. The van der Waals surface area contributed by atoms with Crippen LogP contribution in [0.5, 0.6) is 0 Å². The number of Topliss-reactive ketones (excluding diaryl/α,β-unsaturated/α-hetero) is 1. The van der Waals surface area contributed by atoms with E-state index in [1.165, 1.54) is 11.3 Å². The zero-order chi connectivity index (χ0) is 14.0. The average molecular weight is 280 g/mol. The molecule has 102 valence electrons. The van der Waals surface area contributed by atoms with Gasteiger partial charge in [0.2, 0.25) is 11.8 Å². The molecule has 1 N–H and O–H groups in total. The molecule has 0 radical (unpaired) electrons. The van der Waals surface area contributed by atoms with Crippen LogP contribution < -0.4 is 5.32 Å². The van der Waals surface area contributed by atoms with Crippen molar-refractivity contribution in [2.45, 2.75) is 26.3 Å². The van der Waals surface area contributed by atoms with E-state index in [1.807, 2.05) is 19.9 Å². The Kier molecular flexibility index (Phi) is 4.11. The third kappa shape index (κ3) is 3.08. The Morgan fingerprint density at radius 3 is 2.79 bits per heavy atom. The number of thiophene rings is 1. The Hall–Kier alpha value is -1.53. The summed E-state index contributed by atoms with van der Waals surface area (Å²) in [6.07, 6.45) is 0.579. The van der Waals surface area contributed by atoms with Crippen molar-refractivity contribution in [3.05, 3.63) is 21.9 Å². The molecule has 1 aromatic rings. The largest absolute Gasteiger partial charge is 0.294 e. The zero-order valence-electron chi connectivity index (χ0n) is 10.9. The minimum Gasteiger partial charge on any atom is -0.294 e. The molecule has 2 heterocycles. The van der Waals surface area contributed by atoms with Gasteiger partial charge in [-0.05, 0) is 25.5 Å². The number of nitrogens with zero attached hydrogens (tertiary/aromatic N) is 1. The lowest BCUT2D eigenvalue weighted by atomic mass is 10.1. The van der Waals surface area contributed by atoms with Crippen molar-refractivity contribution < 1.29 is 14.4 Å². The summed E-state index contributed by atoms with van der Waals surface area (Å²) in [6, 6.07) is 3.28. The zero-order valence-corrected chi connectivity index (χ0v) is 11.8. The molecule has 0 aromatic carbocycles. The summed E-state index contributed by atoms with van der Waals surface area (Å²) >= 11 is 1.43. The lowest BCUT2D eigenvalue weighted by Gasteiger charge is -2.32. The van der Waals surface area contributed by atoms with Crippen molar-refractivity contribution in [2.75, 3.05) is 13.1 Å². The van der Waals surface area contributed by atoms with Crippen LogP contribution in [0.4, 0.5) is 0 Å². The summed E-state index contributed by atoms with van der Waals surface area (Å²) in [6.45, 7) is 4.01. The Balaban J connectivity index is 2.09. The Morgan fingerprint density at radius 1 is 1.47 bits per heavy atom. The summed E-state index contributed by atoms with van der Waals surface area (Å²) < 4.78 is 0. The number of ketones is 1. The SMILES string of the molecule is CCC1C(=O)NC(=O)CN1CC(=O)c1ccc(C)s1. The first kappa shape index (κ1) is 13.9. The van der Waals surface area contributed by atoms with Crippen LogP contribution in [0.3, 0.4) is 0 Å². The van der Waals surface area contributed by atoms with Crippen molar-refractivity contribution in [3.63, 3.8) is 0 Å². The van der Waals surface area contributed by atoms with Gasteiger partial charge >= 0.3 is 0 Å². The van der Waals surface area contributed by atoms with Crippen molar-refractivity contribution in [1.82, 2.24) is 10.2 Å². The third-order valence-corrected chi connectivity index (χ3v) is 4.14. The van der Waals surface area contributed by atoms with Gasteiger partial charge in [-0.2, -0.15) is 0 Å². The number of amides is 2. The molecule has 0 bridgehead atoms. The van der Waals surface area contributed by atoms with Gasteiger partial charge in [0.25, 0.3) is 0 Å². The molecular weight excluding hydrogens is 264 g/mol. The summed E-state index contributed by atoms with van der Waals surface area (Å²) in [4.78, 5) is 38.6. The molecule has 1 aromatic heterocycles. The van der Waals surface area contributed by atoms with Crippen LogP contribution in [-0.4, -0.2) is 41.6 Å². The first-order chi connectivity index (χ1) is 9.01. The fraction of sp³-hybridized carbons (Fsp3) is 0.462. The highest BCUT2D eigenvalue weighted by atomic mass is 32.1. The van der Waals surface area contributed by atoms with E-state index >= 15 is 0 Å². The predicted octanol–water partition coefficient (Wildman–Crippen LogP) is 0.976. The highest BCUT2D eigenvalue weighted by Gasteiger charge is 2.33. The van der Waals surface area contributed by atoms with E-state index in [2.05, 4.69) is 5.32 Å². The van der Waals surface area contributed by atoms with Gasteiger partial charge in [0.05, 0.1) is 24.0 Å². The Morgan fingerprint density at radius 2 is 2.21 bits per heavy atom. The number of carbonyl (C=O) groups excluding carboxylic acids is 3. The number of hydrogen-bond donors (Lipinski definition) is 1. The number of aryl methyl sites for hydroxylation is 1. The van der Waals surface area contributed by atoms with E-state index < -0.39 is 6.04 Å². The average Bonchev–Trinajstić information content (AvgIpc) is 2.75. The molecule has 5 nitrogen and oxygen atoms in total. The van der Waals surface area contributed by atoms with E-state index in [4.69, 9.17) is 0 Å². The molecule has 1 fully saturated rings. The summed E-state index contributed by atoms with van der Waals surface area (Å²) in [7, 11) is 0. The van der Waals surface area contributed by atoms with Crippen LogP contribution in [0.15, 0.2) is 12.1 Å². The van der Waals surface area contributed by atoms with E-state index in [1.54, 1.807) is 11.0 Å². The molecule has 6 heteroatoms. The van der Waals surface area contributed by atoms with Crippen LogP contribution in [0.2, 0.25) is 0 Å². The maximum absolute atomic E-state index is 12.1. The van der Waals surface area contributed by atoms with Gasteiger partial charge in [-0.15, -0.1) is 11.3 Å². The standard InChI is InChI=1S/C13H16N2O3S/c1-3-9-13(18)14-12(17)7-15(9)6-10(16)11-5-4-8(2)19-11/h4-5,9H,3,6-7H2,1-2H3,(H,14,17,18). The minimum absolute atomic E-state index is 0.0425. The normalized spacial score (nSPS) is 20.4. The van der Waals surface area contributed by atoms with Gasteiger partial charge in [-0.1, -0.05) is 6.92 Å². The maximum atomic E-state index is 12.1. The molecule has 1 aliphatic heterocycles. The highest BCUT2D eigenvalue weighted by molar-refractivity contribution is 7.14. The van der Waals surface area contributed by atoms with E-state index in [-0.39, 0.29) is 30.7 Å². The second-order valence-electron chi connectivity index (χ2n) is 4.57. The molecule has 1 saturated heterocycles. The van der Waals surface area contributed by atoms with Crippen molar-refractivity contribution in [1.29, 1.82) is 0 Å². The van der Waals surface area contributed by atoms with Crippen LogP contribution in [0.1, 0.15) is 27.9 Å². The number of hydrogen-bond acceptors (Lipinski definition) is 5. The van der Waals surface area contributed by atoms with Crippen LogP contribution in [0.25, 0.3) is 0 Å². The second-order valence-corrected chi connectivity index (χ2v) is 5.86. The fourth-order valence-corrected chi connectivity index (χ4v) is 2.97. The van der Waals surface area contributed by atoms with Gasteiger partial charge in [0.15, 0.2) is 5.78 Å². The summed E-state index contributed by atoms with van der Waals surface area (Å²) in [5.41, 5.74) is 0. The van der Waals surface area contributed by atoms with Crippen LogP contribution in [0, 0.1) is 6.92 Å².